The molecular formula is C11H11N3O. The van der Waals surface area contributed by atoms with Crippen LogP contribution in [0.2, 0.25) is 0 Å². The lowest BCUT2D eigenvalue weighted by atomic mass is 10.1. The van der Waals surface area contributed by atoms with E-state index in [0.717, 1.165) is 16.6 Å². The van der Waals surface area contributed by atoms with E-state index in [4.69, 9.17) is 5.73 Å². The highest BCUT2D eigenvalue weighted by atomic mass is 16.1. The van der Waals surface area contributed by atoms with Crippen LogP contribution < -0.4 is 11.1 Å². The zero-order valence-electron chi connectivity index (χ0n) is 8.32. The fourth-order valence-electron chi connectivity index (χ4n) is 1.59. The number of carbonyl (C=O) groups is 1. The van der Waals surface area contributed by atoms with Crippen molar-refractivity contribution in [1.29, 1.82) is 0 Å². The van der Waals surface area contributed by atoms with E-state index in [1.165, 1.54) is 6.20 Å². The first kappa shape index (κ1) is 9.45. The summed E-state index contributed by atoms with van der Waals surface area (Å²) in [5.74, 6) is 0.289. The Labute approximate surface area is 87.1 Å². The van der Waals surface area contributed by atoms with Crippen molar-refractivity contribution >= 4 is 22.5 Å². The van der Waals surface area contributed by atoms with Crippen LogP contribution >= 0.6 is 0 Å². The number of hydrogen-bond donors (Lipinski definition) is 2. The van der Waals surface area contributed by atoms with Crippen molar-refractivity contribution in [2.24, 2.45) is 5.73 Å². The van der Waals surface area contributed by atoms with Crippen molar-refractivity contribution in [3.63, 3.8) is 0 Å². The lowest BCUT2D eigenvalue weighted by Gasteiger charge is -2.07. The van der Waals surface area contributed by atoms with Gasteiger partial charge in [0.2, 0.25) is 0 Å². The number of nitrogens with two attached hydrogens (primary N) is 1. The summed E-state index contributed by atoms with van der Waals surface area (Å²) in [7, 11) is 1.79. The van der Waals surface area contributed by atoms with Crippen molar-refractivity contribution in [3.8, 4) is 0 Å². The molecule has 0 aliphatic carbocycles. The molecule has 0 unspecified atom stereocenters. The summed E-state index contributed by atoms with van der Waals surface area (Å²) in [6.45, 7) is 0. The lowest BCUT2D eigenvalue weighted by Crippen LogP contribution is -2.12. The summed E-state index contributed by atoms with van der Waals surface area (Å²) in [6, 6.07) is 7.53. The van der Waals surface area contributed by atoms with Crippen molar-refractivity contribution in [2.75, 3.05) is 12.4 Å². The van der Waals surface area contributed by atoms with Crippen LogP contribution in [0.15, 0.2) is 30.5 Å². The van der Waals surface area contributed by atoms with Crippen molar-refractivity contribution < 1.29 is 4.79 Å². The zero-order chi connectivity index (χ0) is 10.8. The molecule has 0 spiro atoms. The first-order chi connectivity index (χ1) is 7.24. The molecular weight excluding hydrogens is 190 g/mol. The van der Waals surface area contributed by atoms with Gasteiger partial charge in [0.15, 0.2) is 0 Å². The molecule has 0 radical (unpaired) electrons. The molecule has 0 aliphatic rings. The van der Waals surface area contributed by atoms with Crippen LogP contribution in [0.3, 0.4) is 0 Å². The van der Waals surface area contributed by atoms with Gasteiger partial charge in [-0.25, -0.2) is 4.98 Å². The summed E-state index contributed by atoms with van der Waals surface area (Å²) in [5, 5.41) is 4.70. The summed E-state index contributed by atoms with van der Waals surface area (Å²) in [6.07, 6.45) is 1.50. The summed E-state index contributed by atoms with van der Waals surface area (Å²) < 4.78 is 0. The summed E-state index contributed by atoms with van der Waals surface area (Å²) >= 11 is 0. The second kappa shape index (κ2) is 3.57. The number of nitrogens with one attached hydrogen (secondary N) is 1. The molecule has 2 rings (SSSR count). The van der Waals surface area contributed by atoms with E-state index in [1.54, 1.807) is 7.05 Å². The van der Waals surface area contributed by atoms with Crippen molar-refractivity contribution in [3.05, 3.63) is 36.0 Å². The molecule has 0 atom stereocenters. The van der Waals surface area contributed by atoms with Gasteiger partial charge < -0.3 is 11.1 Å². The Morgan fingerprint density at radius 1 is 1.33 bits per heavy atom. The maximum absolute atomic E-state index is 11.2. The Hall–Kier alpha value is -2.10. The number of primary amides is 1. The minimum absolute atomic E-state index is 0.449. The number of amides is 1. The zero-order valence-corrected chi connectivity index (χ0v) is 8.32. The Balaban J connectivity index is 2.83. The van der Waals surface area contributed by atoms with Gasteiger partial charge in [-0.15, -0.1) is 0 Å². The lowest BCUT2D eigenvalue weighted by molar-refractivity contribution is 0.100. The van der Waals surface area contributed by atoms with Crippen LogP contribution in [0.25, 0.3) is 10.8 Å². The third-order valence-electron chi connectivity index (χ3n) is 2.30. The Bertz CT molecular complexity index is 522. The van der Waals surface area contributed by atoms with Gasteiger partial charge in [0.05, 0.1) is 5.56 Å². The van der Waals surface area contributed by atoms with Crippen LogP contribution in [-0.4, -0.2) is 17.9 Å². The first-order valence-corrected chi connectivity index (χ1v) is 4.59. The van der Waals surface area contributed by atoms with E-state index in [9.17, 15) is 4.79 Å². The van der Waals surface area contributed by atoms with Gasteiger partial charge in [0, 0.05) is 18.6 Å². The van der Waals surface area contributed by atoms with Gasteiger partial charge in [-0.05, 0) is 5.39 Å². The van der Waals surface area contributed by atoms with Crippen LogP contribution in [0.4, 0.5) is 5.82 Å². The molecule has 2 aromatic rings. The number of nitrogens with zero attached hydrogens (tertiary/aromatic N) is 1. The number of hydrogen-bond acceptors (Lipinski definition) is 3. The maximum Gasteiger partial charge on any atom is 0.250 e. The average molecular weight is 201 g/mol. The molecule has 76 valence electrons. The molecule has 0 bridgehead atoms. The van der Waals surface area contributed by atoms with Gasteiger partial charge in [-0.3, -0.25) is 4.79 Å². The number of pyridine rings is 1. The second-order valence-electron chi connectivity index (χ2n) is 3.18. The quantitative estimate of drug-likeness (QED) is 0.771. The minimum Gasteiger partial charge on any atom is -0.373 e. The third-order valence-corrected chi connectivity index (χ3v) is 2.30. The largest absolute Gasteiger partial charge is 0.373 e. The van der Waals surface area contributed by atoms with E-state index in [1.807, 2.05) is 24.3 Å². The highest BCUT2D eigenvalue weighted by Crippen LogP contribution is 2.23. The molecule has 1 aromatic carbocycles. The fourth-order valence-corrected chi connectivity index (χ4v) is 1.59. The van der Waals surface area contributed by atoms with E-state index < -0.39 is 5.91 Å². The minimum atomic E-state index is -0.457. The molecule has 1 heterocycles. The number of aromatic nitrogens is 1. The number of benzene rings is 1. The van der Waals surface area contributed by atoms with E-state index in [2.05, 4.69) is 10.3 Å². The second-order valence-corrected chi connectivity index (χ2v) is 3.18. The monoisotopic (exact) mass is 201 g/mol. The Morgan fingerprint density at radius 2 is 2.00 bits per heavy atom. The SMILES string of the molecule is CNc1ncc(C(N)=O)c2ccccc12. The topological polar surface area (TPSA) is 68.0 Å². The van der Waals surface area contributed by atoms with Gasteiger partial charge in [-0.1, -0.05) is 24.3 Å². The predicted molar refractivity (Wildman–Crippen MR) is 59.8 cm³/mol. The van der Waals surface area contributed by atoms with Gasteiger partial charge in [-0.2, -0.15) is 0 Å². The predicted octanol–water partition coefficient (Wildman–Crippen LogP) is 1.38. The first-order valence-electron chi connectivity index (χ1n) is 4.59. The van der Waals surface area contributed by atoms with Crippen LogP contribution in [0, 0.1) is 0 Å². The van der Waals surface area contributed by atoms with Gasteiger partial charge in [0.1, 0.15) is 5.82 Å². The summed E-state index contributed by atoms with van der Waals surface area (Å²) in [4.78, 5) is 15.3. The molecule has 1 aromatic heterocycles. The molecule has 0 fully saturated rings. The molecule has 1 amide bonds. The molecule has 15 heavy (non-hydrogen) atoms. The Kier molecular flexibility index (Phi) is 2.25. The van der Waals surface area contributed by atoms with E-state index >= 15 is 0 Å². The number of rotatable bonds is 2. The molecule has 4 nitrogen and oxygen atoms in total. The van der Waals surface area contributed by atoms with Crippen molar-refractivity contribution in [2.45, 2.75) is 0 Å². The van der Waals surface area contributed by atoms with Crippen molar-refractivity contribution in [1.82, 2.24) is 4.98 Å². The third kappa shape index (κ3) is 1.50. The highest BCUT2D eigenvalue weighted by Gasteiger charge is 2.09. The van der Waals surface area contributed by atoms with Crippen LogP contribution in [0.1, 0.15) is 10.4 Å². The number of carbonyl (C=O) groups excluding carboxylic acids is 1. The average Bonchev–Trinajstić information content (AvgIpc) is 2.27. The van der Waals surface area contributed by atoms with Gasteiger partial charge >= 0.3 is 0 Å². The standard InChI is InChI=1S/C11H11N3O/c1-13-11-8-5-3-2-4-7(8)9(6-14-11)10(12)15/h2-6H,1H3,(H2,12,15)(H,13,14). The van der Waals surface area contributed by atoms with Crippen LogP contribution in [0.5, 0.6) is 0 Å². The Morgan fingerprint density at radius 3 is 2.60 bits per heavy atom. The smallest absolute Gasteiger partial charge is 0.250 e. The normalized spacial score (nSPS) is 10.2. The molecule has 4 heteroatoms. The number of fused-ring (bicyclic) bond motifs is 1. The highest BCUT2D eigenvalue weighted by molar-refractivity contribution is 6.08. The number of anilines is 1. The fraction of sp³-hybridized carbons (Fsp3) is 0.0909. The van der Waals surface area contributed by atoms with Crippen LogP contribution in [-0.2, 0) is 0 Å². The molecule has 0 aliphatic heterocycles. The van der Waals surface area contributed by atoms with Gasteiger partial charge in [0.25, 0.3) is 5.91 Å². The maximum atomic E-state index is 11.2. The molecule has 0 saturated carbocycles. The molecule has 3 N–H and O–H groups in total. The van der Waals surface area contributed by atoms with E-state index in [0.29, 0.717) is 5.56 Å². The van der Waals surface area contributed by atoms with E-state index in [-0.39, 0.29) is 0 Å². The molecule has 0 saturated heterocycles. The summed E-state index contributed by atoms with van der Waals surface area (Å²) in [5.41, 5.74) is 5.72.